The molecular formula is C13H13N3O. The fourth-order valence-corrected chi connectivity index (χ4v) is 1.64. The molecule has 1 unspecified atom stereocenters. The molecule has 0 aliphatic carbocycles. The summed E-state index contributed by atoms with van der Waals surface area (Å²) in [6.45, 7) is 0.595. The Morgan fingerprint density at radius 3 is 2.76 bits per heavy atom. The maximum Gasteiger partial charge on any atom is 0.124 e. The van der Waals surface area contributed by atoms with Crippen molar-refractivity contribution in [3.63, 3.8) is 0 Å². The summed E-state index contributed by atoms with van der Waals surface area (Å²) in [5.41, 5.74) is 1.95. The minimum absolute atomic E-state index is 0.0258. The summed E-state index contributed by atoms with van der Waals surface area (Å²) in [5, 5.41) is 15.9. The topological polar surface area (TPSA) is 61.9 Å². The molecule has 0 radical (unpaired) electrons. The van der Waals surface area contributed by atoms with E-state index in [0.29, 0.717) is 13.0 Å². The summed E-state index contributed by atoms with van der Waals surface area (Å²) in [7, 11) is 0. The fourth-order valence-electron chi connectivity index (χ4n) is 1.64. The number of nitrogens with one attached hydrogen (secondary N) is 1. The molecule has 0 aliphatic heterocycles. The van der Waals surface area contributed by atoms with Crippen molar-refractivity contribution in [3.05, 3.63) is 53.9 Å². The predicted molar refractivity (Wildman–Crippen MR) is 62.8 cm³/mol. The number of hydrogen-bond donors (Lipinski definition) is 1. The molecule has 4 heteroatoms. The van der Waals surface area contributed by atoms with Gasteiger partial charge in [-0.1, -0.05) is 35.5 Å². The van der Waals surface area contributed by atoms with Gasteiger partial charge in [0.25, 0.3) is 0 Å². The summed E-state index contributed by atoms with van der Waals surface area (Å²) >= 11 is 0. The van der Waals surface area contributed by atoms with Crippen molar-refractivity contribution in [2.45, 2.75) is 19.0 Å². The van der Waals surface area contributed by atoms with Crippen LogP contribution in [0.15, 0.2) is 47.2 Å². The number of rotatable bonds is 5. The van der Waals surface area contributed by atoms with Crippen LogP contribution in [0.25, 0.3) is 0 Å². The van der Waals surface area contributed by atoms with Crippen molar-refractivity contribution in [2.75, 3.05) is 0 Å². The summed E-state index contributed by atoms with van der Waals surface area (Å²) in [4.78, 5) is 0. The molecule has 4 nitrogen and oxygen atoms in total. The highest BCUT2D eigenvalue weighted by Gasteiger charge is 2.10. The van der Waals surface area contributed by atoms with Crippen LogP contribution in [-0.2, 0) is 6.54 Å². The standard InChI is InChI=1S/C13H13N3O/c14-8-6-13(11-4-2-1-3-5-11)15-10-12-7-9-17-16-12/h1-5,7,9,13,15H,6,10H2. The summed E-state index contributed by atoms with van der Waals surface area (Å²) in [6.07, 6.45) is 1.97. The van der Waals surface area contributed by atoms with E-state index in [4.69, 9.17) is 9.78 Å². The Morgan fingerprint density at radius 1 is 1.29 bits per heavy atom. The summed E-state index contributed by atoms with van der Waals surface area (Å²) in [5.74, 6) is 0. The van der Waals surface area contributed by atoms with Crippen LogP contribution in [0.1, 0.15) is 23.7 Å². The molecule has 0 amide bonds. The lowest BCUT2D eigenvalue weighted by Gasteiger charge is -2.15. The SMILES string of the molecule is N#CCC(NCc1ccon1)c1ccccc1. The zero-order valence-electron chi connectivity index (χ0n) is 9.34. The Bertz CT molecular complexity index is 473. The second-order valence-corrected chi connectivity index (χ2v) is 3.70. The highest BCUT2D eigenvalue weighted by atomic mass is 16.5. The second-order valence-electron chi connectivity index (χ2n) is 3.70. The fraction of sp³-hybridized carbons (Fsp3) is 0.231. The Kier molecular flexibility index (Phi) is 3.90. The molecule has 1 heterocycles. The van der Waals surface area contributed by atoms with Crippen molar-refractivity contribution in [2.24, 2.45) is 0 Å². The van der Waals surface area contributed by atoms with Gasteiger partial charge in [-0.25, -0.2) is 0 Å². The van der Waals surface area contributed by atoms with E-state index in [-0.39, 0.29) is 6.04 Å². The van der Waals surface area contributed by atoms with Crippen LogP contribution in [0.2, 0.25) is 0 Å². The molecule has 0 saturated carbocycles. The molecular weight excluding hydrogens is 214 g/mol. The maximum atomic E-state index is 8.83. The zero-order valence-corrected chi connectivity index (χ0v) is 9.34. The van der Waals surface area contributed by atoms with Crippen molar-refractivity contribution in [3.8, 4) is 6.07 Å². The molecule has 0 saturated heterocycles. The minimum Gasteiger partial charge on any atom is -0.364 e. The van der Waals surface area contributed by atoms with E-state index in [1.54, 1.807) is 12.3 Å². The molecule has 2 aromatic rings. The van der Waals surface area contributed by atoms with E-state index in [9.17, 15) is 0 Å². The first-order valence-corrected chi connectivity index (χ1v) is 5.44. The van der Waals surface area contributed by atoms with Gasteiger partial charge in [-0.3, -0.25) is 0 Å². The van der Waals surface area contributed by atoms with Gasteiger partial charge >= 0.3 is 0 Å². The van der Waals surface area contributed by atoms with Crippen LogP contribution in [0.5, 0.6) is 0 Å². The quantitative estimate of drug-likeness (QED) is 0.852. The van der Waals surface area contributed by atoms with E-state index >= 15 is 0 Å². The van der Waals surface area contributed by atoms with Crippen LogP contribution in [0, 0.1) is 11.3 Å². The highest BCUT2D eigenvalue weighted by molar-refractivity contribution is 5.20. The van der Waals surface area contributed by atoms with E-state index in [1.807, 2.05) is 30.3 Å². The van der Waals surface area contributed by atoms with E-state index in [2.05, 4.69) is 16.5 Å². The predicted octanol–water partition coefficient (Wildman–Crippen LogP) is 2.42. The van der Waals surface area contributed by atoms with Crippen molar-refractivity contribution >= 4 is 0 Å². The third kappa shape index (κ3) is 3.16. The summed E-state index contributed by atoms with van der Waals surface area (Å²) < 4.78 is 4.76. The van der Waals surface area contributed by atoms with E-state index < -0.39 is 0 Å². The van der Waals surface area contributed by atoms with Crippen molar-refractivity contribution < 1.29 is 4.52 Å². The first-order valence-electron chi connectivity index (χ1n) is 5.44. The van der Waals surface area contributed by atoms with Gasteiger partial charge in [0.05, 0.1) is 18.2 Å². The molecule has 0 aliphatic rings. The van der Waals surface area contributed by atoms with Crippen LogP contribution in [0.4, 0.5) is 0 Å². The smallest absolute Gasteiger partial charge is 0.124 e. The Labute approximate surface area is 99.9 Å². The van der Waals surface area contributed by atoms with Gasteiger partial charge in [-0.2, -0.15) is 5.26 Å². The second kappa shape index (κ2) is 5.83. The molecule has 2 rings (SSSR count). The third-order valence-corrected chi connectivity index (χ3v) is 2.52. The van der Waals surface area contributed by atoms with Gasteiger partial charge in [-0.05, 0) is 5.56 Å². The van der Waals surface area contributed by atoms with Gasteiger partial charge < -0.3 is 9.84 Å². The van der Waals surface area contributed by atoms with Gasteiger partial charge in [0, 0.05) is 18.7 Å². The maximum absolute atomic E-state index is 8.83. The Hall–Kier alpha value is -2.12. The monoisotopic (exact) mass is 227 g/mol. The lowest BCUT2D eigenvalue weighted by atomic mass is 10.0. The molecule has 0 fully saturated rings. The van der Waals surface area contributed by atoms with Crippen LogP contribution >= 0.6 is 0 Å². The van der Waals surface area contributed by atoms with Crippen LogP contribution in [-0.4, -0.2) is 5.16 Å². The average Bonchev–Trinajstić information content (AvgIpc) is 2.88. The molecule has 17 heavy (non-hydrogen) atoms. The van der Waals surface area contributed by atoms with Crippen LogP contribution in [0.3, 0.4) is 0 Å². The van der Waals surface area contributed by atoms with Crippen LogP contribution < -0.4 is 5.32 Å². The molecule has 1 atom stereocenters. The lowest BCUT2D eigenvalue weighted by molar-refractivity contribution is 0.405. The Balaban J connectivity index is 2.01. The molecule has 1 aromatic heterocycles. The normalized spacial score (nSPS) is 11.9. The van der Waals surface area contributed by atoms with Crippen molar-refractivity contribution in [1.82, 2.24) is 10.5 Å². The Morgan fingerprint density at radius 2 is 2.12 bits per heavy atom. The largest absolute Gasteiger partial charge is 0.364 e. The van der Waals surface area contributed by atoms with E-state index in [1.165, 1.54) is 0 Å². The highest BCUT2D eigenvalue weighted by Crippen LogP contribution is 2.16. The molecule has 86 valence electrons. The first-order chi connectivity index (χ1) is 8.40. The number of nitrogens with zero attached hydrogens (tertiary/aromatic N) is 2. The number of benzene rings is 1. The molecule has 0 bridgehead atoms. The summed E-state index contributed by atoms with van der Waals surface area (Å²) in [6, 6.07) is 13.9. The van der Waals surface area contributed by atoms with Gasteiger partial charge in [0.1, 0.15) is 6.26 Å². The zero-order chi connectivity index (χ0) is 11.9. The van der Waals surface area contributed by atoms with E-state index in [0.717, 1.165) is 11.3 Å². The van der Waals surface area contributed by atoms with Crippen molar-refractivity contribution in [1.29, 1.82) is 5.26 Å². The third-order valence-electron chi connectivity index (χ3n) is 2.52. The minimum atomic E-state index is 0.0258. The molecule has 1 aromatic carbocycles. The van der Waals surface area contributed by atoms with Gasteiger partial charge in [0.2, 0.25) is 0 Å². The first kappa shape index (κ1) is 11.4. The number of aromatic nitrogens is 1. The van der Waals surface area contributed by atoms with Gasteiger partial charge in [0.15, 0.2) is 0 Å². The average molecular weight is 227 g/mol. The molecule has 0 spiro atoms. The molecule has 1 N–H and O–H groups in total. The van der Waals surface area contributed by atoms with Gasteiger partial charge in [-0.15, -0.1) is 0 Å². The number of nitriles is 1. The number of hydrogen-bond acceptors (Lipinski definition) is 4. The lowest BCUT2D eigenvalue weighted by Crippen LogP contribution is -2.20.